The quantitative estimate of drug-likeness (QED) is 0.885. The molecule has 0 bridgehead atoms. The summed E-state index contributed by atoms with van der Waals surface area (Å²) in [6.07, 6.45) is 4.93. The van der Waals surface area contributed by atoms with Gasteiger partial charge in [0, 0.05) is 31.5 Å². The molecule has 5 nitrogen and oxygen atoms in total. The number of thiazole rings is 1. The van der Waals surface area contributed by atoms with Crippen molar-refractivity contribution in [3.05, 3.63) is 16.1 Å². The van der Waals surface area contributed by atoms with Crippen molar-refractivity contribution in [3.8, 4) is 0 Å². The van der Waals surface area contributed by atoms with E-state index in [-0.39, 0.29) is 5.41 Å². The third-order valence-corrected chi connectivity index (χ3v) is 6.48. The smallest absolute Gasteiger partial charge is 0.231 e. The molecular formula is C18H29N3O2S. The van der Waals surface area contributed by atoms with Crippen LogP contribution in [0.3, 0.4) is 0 Å². The summed E-state index contributed by atoms with van der Waals surface area (Å²) in [6, 6.07) is 0. The van der Waals surface area contributed by atoms with Gasteiger partial charge in [-0.15, -0.1) is 11.3 Å². The number of nitrogens with one attached hydrogen (secondary N) is 1. The van der Waals surface area contributed by atoms with E-state index in [9.17, 15) is 4.79 Å². The van der Waals surface area contributed by atoms with E-state index in [4.69, 9.17) is 9.72 Å². The van der Waals surface area contributed by atoms with E-state index in [1.807, 2.05) is 0 Å². The van der Waals surface area contributed by atoms with Gasteiger partial charge in [0.05, 0.1) is 22.7 Å². The topological polar surface area (TPSA) is 54.5 Å². The van der Waals surface area contributed by atoms with E-state index >= 15 is 0 Å². The molecule has 3 heterocycles. The SMILES string of the molecule is CCc1csc(C2CCCN(C(=O)C3(COC)CCNCC3)C2)n1. The van der Waals surface area contributed by atoms with Crippen molar-refractivity contribution in [2.45, 2.75) is 44.9 Å². The molecule has 2 fully saturated rings. The van der Waals surface area contributed by atoms with Crippen molar-refractivity contribution in [2.24, 2.45) is 5.41 Å². The summed E-state index contributed by atoms with van der Waals surface area (Å²) in [6.45, 7) is 6.17. The van der Waals surface area contributed by atoms with Crippen molar-refractivity contribution in [1.29, 1.82) is 0 Å². The van der Waals surface area contributed by atoms with Crippen LogP contribution in [0, 0.1) is 5.41 Å². The number of carbonyl (C=O) groups is 1. The fraction of sp³-hybridized carbons (Fsp3) is 0.778. The summed E-state index contributed by atoms with van der Waals surface area (Å²) in [5, 5.41) is 6.73. The molecule has 0 aliphatic carbocycles. The molecule has 2 aliphatic rings. The molecule has 6 heteroatoms. The number of nitrogens with zero attached hydrogens (tertiary/aromatic N) is 2. The summed E-state index contributed by atoms with van der Waals surface area (Å²) < 4.78 is 5.44. The molecular weight excluding hydrogens is 322 g/mol. The second-order valence-electron chi connectivity index (χ2n) is 7.08. The highest BCUT2D eigenvalue weighted by molar-refractivity contribution is 7.09. The standard InChI is InChI=1S/C18H29N3O2S/c1-3-15-12-24-16(20-15)14-5-4-10-21(11-14)17(22)18(13-23-2)6-8-19-9-7-18/h12,14,19H,3-11,13H2,1-2H3. The van der Waals surface area contributed by atoms with Crippen LogP contribution in [0.1, 0.15) is 49.2 Å². The monoisotopic (exact) mass is 351 g/mol. The van der Waals surface area contributed by atoms with Crippen LogP contribution in [0.15, 0.2) is 5.38 Å². The molecule has 0 saturated carbocycles. The Morgan fingerprint density at radius 1 is 1.50 bits per heavy atom. The van der Waals surface area contributed by atoms with Crippen LogP contribution >= 0.6 is 11.3 Å². The normalized spacial score (nSPS) is 24.1. The Morgan fingerprint density at radius 2 is 2.29 bits per heavy atom. The van der Waals surface area contributed by atoms with Gasteiger partial charge in [0.15, 0.2) is 0 Å². The number of aryl methyl sites for hydroxylation is 1. The lowest BCUT2D eigenvalue weighted by atomic mass is 9.77. The third-order valence-electron chi connectivity index (χ3n) is 5.42. The molecule has 0 radical (unpaired) electrons. The van der Waals surface area contributed by atoms with Gasteiger partial charge in [-0.1, -0.05) is 6.92 Å². The molecule has 1 unspecified atom stereocenters. The Balaban J connectivity index is 1.71. The number of rotatable bonds is 5. The number of aromatic nitrogens is 1. The van der Waals surface area contributed by atoms with Gasteiger partial charge in [0.25, 0.3) is 0 Å². The number of hydrogen-bond donors (Lipinski definition) is 1. The van der Waals surface area contributed by atoms with Crippen molar-refractivity contribution in [3.63, 3.8) is 0 Å². The maximum absolute atomic E-state index is 13.3. The highest BCUT2D eigenvalue weighted by Gasteiger charge is 2.43. The van der Waals surface area contributed by atoms with Gasteiger partial charge < -0.3 is 15.0 Å². The van der Waals surface area contributed by atoms with Crippen LogP contribution in [0.25, 0.3) is 0 Å². The van der Waals surface area contributed by atoms with Gasteiger partial charge >= 0.3 is 0 Å². The summed E-state index contributed by atoms with van der Waals surface area (Å²) in [7, 11) is 1.71. The lowest BCUT2D eigenvalue weighted by Gasteiger charge is -2.42. The fourth-order valence-electron chi connectivity index (χ4n) is 3.97. The number of hydrogen-bond acceptors (Lipinski definition) is 5. The molecule has 0 spiro atoms. The van der Waals surface area contributed by atoms with Gasteiger partial charge in [-0.05, 0) is 45.2 Å². The molecule has 1 atom stereocenters. The Hall–Kier alpha value is -0.980. The Labute approximate surface area is 148 Å². The van der Waals surface area contributed by atoms with Gasteiger partial charge in [-0.2, -0.15) is 0 Å². The zero-order valence-corrected chi connectivity index (χ0v) is 15.7. The van der Waals surface area contributed by atoms with Crippen LogP contribution in [-0.4, -0.2) is 55.7 Å². The first-order valence-electron chi connectivity index (χ1n) is 9.12. The molecule has 2 aliphatic heterocycles. The zero-order chi connectivity index (χ0) is 17.0. The molecule has 24 heavy (non-hydrogen) atoms. The van der Waals surface area contributed by atoms with E-state index in [1.54, 1.807) is 18.4 Å². The molecule has 0 aromatic carbocycles. The average molecular weight is 352 g/mol. The second-order valence-corrected chi connectivity index (χ2v) is 7.97. The molecule has 1 N–H and O–H groups in total. The van der Waals surface area contributed by atoms with E-state index < -0.39 is 0 Å². The van der Waals surface area contributed by atoms with Crippen LogP contribution in [-0.2, 0) is 16.0 Å². The lowest BCUT2D eigenvalue weighted by molar-refractivity contribution is -0.148. The number of amides is 1. The van der Waals surface area contributed by atoms with Crippen molar-refractivity contribution in [1.82, 2.24) is 15.2 Å². The largest absolute Gasteiger partial charge is 0.384 e. The summed E-state index contributed by atoms with van der Waals surface area (Å²) in [5.41, 5.74) is 0.840. The van der Waals surface area contributed by atoms with Crippen molar-refractivity contribution < 1.29 is 9.53 Å². The zero-order valence-electron chi connectivity index (χ0n) is 14.8. The van der Waals surface area contributed by atoms with E-state index in [2.05, 4.69) is 22.5 Å². The molecule has 1 aromatic rings. The van der Waals surface area contributed by atoms with Crippen LogP contribution < -0.4 is 5.32 Å². The number of methoxy groups -OCH3 is 1. The molecule has 134 valence electrons. The maximum atomic E-state index is 13.3. The van der Waals surface area contributed by atoms with E-state index in [0.717, 1.165) is 58.3 Å². The predicted molar refractivity (Wildman–Crippen MR) is 96.5 cm³/mol. The minimum absolute atomic E-state index is 0.294. The Kier molecular flexibility index (Phi) is 5.89. The highest BCUT2D eigenvalue weighted by Crippen LogP contribution is 2.35. The minimum Gasteiger partial charge on any atom is -0.384 e. The molecule has 1 amide bonds. The first-order chi connectivity index (χ1) is 11.7. The highest BCUT2D eigenvalue weighted by atomic mass is 32.1. The predicted octanol–water partition coefficient (Wildman–Crippen LogP) is 2.43. The fourth-order valence-corrected chi connectivity index (χ4v) is 5.00. The number of piperidine rings is 2. The van der Waals surface area contributed by atoms with Gasteiger partial charge in [0.1, 0.15) is 0 Å². The summed E-state index contributed by atoms with van der Waals surface area (Å²) >= 11 is 1.76. The first-order valence-corrected chi connectivity index (χ1v) is 10.00. The van der Waals surface area contributed by atoms with E-state index in [0.29, 0.717) is 18.4 Å². The number of ether oxygens (including phenoxy) is 1. The van der Waals surface area contributed by atoms with Crippen molar-refractivity contribution in [2.75, 3.05) is 39.9 Å². The minimum atomic E-state index is -0.334. The first kappa shape index (κ1) is 17.8. The molecule has 1 aromatic heterocycles. The second kappa shape index (κ2) is 7.93. The third kappa shape index (κ3) is 3.65. The van der Waals surface area contributed by atoms with Crippen LogP contribution in [0.5, 0.6) is 0 Å². The van der Waals surface area contributed by atoms with Crippen LogP contribution in [0.2, 0.25) is 0 Å². The molecule has 3 rings (SSSR count). The van der Waals surface area contributed by atoms with E-state index in [1.165, 1.54) is 10.7 Å². The lowest BCUT2D eigenvalue weighted by Crippen LogP contribution is -2.53. The van der Waals surface area contributed by atoms with Crippen molar-refractivity contribution >= 4 is 17.2 Å². The van der Waals surface area contributed by atoms with Crippen LogP contribution in [0.4, 0.5) is 0 Å². The number of carbonyl (C=O) groups excluding carboxylic acids is 1. The van der Waals surface area contributed by atoms with Gasteiger partial charge in [-0.3, -0.25) is 4.79 Å². The van der Waals surface area contributed by atoms with Gasteiger partial charge in [-0.25, -0.2) is 4.98 Å². The maximum Gasteiger partial charge on any atom is 0.231 e. The number of likely N-dealkylation sites (tertiary alicyclic amines) is 1. The van der Waals surface area contributed by atoms with Gasteiger partial charge in [0.2, 0.25) is 5.91 Å². The molecule has 2 saturated heterocycles. The Bertz CT molecular complexity index is 549. The average Bonchev–Trinajstić information content (AvgIpc) is 3.11. The summed E-state index contributed by atoms with van der Waals surface area (Å²) in [4.78, 5) is 20.2. The summed E-state index contributed by atoms with van der Waals surface area (Å²) in [5.74, 6) is 0.692. The Morgan fingerprint density at radius 3 is 2.96 bits per heavy atom.